The van der Waals surface area contributed by atoms with Gasteiger partial charge < -0.3 is 10.0 Å². The molecule has 6 heteroatoms. The van der Waals surface area contributed by atoms with E-state index >= 15 is 0 Å². The third-order valence-corrected chi connectivity index (χ3v) is 3.95. The summed E-state index contributed by atoms with van der Waals surface area (Å²) in [4.78, 5) is 24.9. The topological polar surface area (TPSA) is 75.4 Å². The number of likely N-dealkylation sites (tertiary alicyclic amines) is 1. The molecular formula is C14H19N3O3. The molecule has 0 aliphatic carbocycles. The fourth-order valence-corrected chi connectivity index (χ4v) is 2.24. The van der Waals surface area contributed by atoms with E-state index in [0.29, 0.717) is 25.9 Å². The van der Waals surface area contributed by atoms with Gasteiger partial charge in [0.05, 0.1) is 11.1 Å². The molecule has 1 amide bonds. The van der Waals surface area contributed by atoms with Crippen LogP contribution in [0.4, 0.5) is 0 Å². The summed E-state index contributed by atoms with van der Waals surface area (Å²) in [6, 6.07) is 1.82. The van der Waals surface area contributed by atoms with Crippen molar-refractivity contribution in [3.63, 3.8) is 0 Å². The molecule has 0 bridgehead atoms. The Kier molecular flexibility index (Phi) is 3.92. The lowest BCUT2D eigenvalue weighted by molar-refractivity contribution is -0.152. The third kappa shape index (κ3) is 2.89. The minimum atomic E-state index is -0.782. The lowest BCUT2D eigenvalue weighted by Gasteiger charge is -2.35. The first-order valence-electron chi connectivity index (χ1n) is 6.61. The summed E-state index contributed by atoms with van der Waals surface area (Å²) in [5.74, 6) is -0.867. The van der Waals surface area contributed by atoms with E-state index in [2.05, 4.69) is 5.10 Å². The van der Waals surface area contributed by atoms with Gasteiger partial charge in [0.15, 0.2) is 0 Å². The summed E-state index contributed by atoms with van der Waals surface area (Å²) in [6.45, 7) is 2.71. The summed E-state index contributed by atoms with van der Waals surface area (Å²) in [7, 11) is 1.81. The fourth-order valence-electron chi connectivity index (χ4n) is 2.24. The number of nitrogens with zero attached hydrogens (tertiary/aromatic N) is 3. The van der Waals surface area contributed by atoms with Crippen molar-refractivity contribution in [2.75, 3.05) is 13.1 Å². The number of carbonyl (C=O) groups excluding carboxylic acids is 1. The number of aryl methyl sites for hydroxylation is 1. The first-order valence-corrected chi connectivity index (χ1v) is 6.61. The van der Waals surface area contributed by atoms with Crippen LogP contribution in [0.5, 0.6) is 0 Å². The zero-order chi connectivity index (χ0) is 14.8. The normalized spacial score (nSPS) is 18.4. The van der Waals surface area contributed by atoms with Gasteiger partial charge in [-0.15, -0.1) is 0 Å². The molecule has 0 aromatic carbocycles. The highest BCUT2D eigenvalue weighted by molar-refractivity contribution is 5.91. The van der Waals surface area contributed by atoms with Crippen LogP contribution in [0.1, 0.15) is 25.5 Å². The molecule has 1 aliphatic rings. The molecular weight excluding hydrogens is 258 g/mol. The molecule has 1 fully saturated rings. The van der Waals surface area contributed by atoms with Crippen molar-refractivity contribution in [1.82, 2.24) is 14.7 Å². The average Bonchev–Trinajstić information content (AvgIpc) is 2.82. The Morgan fingerprint density at radius 2 is 2.05 bits per heavy atom. The van der Waals surface area contributed by atoms with Crippen molar-refractivity contribution in [2.45, 2.75) is 19.8 Å². The lowest BCUT2D eigenvalue weighted by Crippen LogP contribution is -2.44. The molecule has 0 saturated carbocycles. The molecule has 1 aliphatic heterocycles. The van der Waals surface area contributed by atoms with Crippen LogP contribution < -0.4 is 0 Å². The largest absolute Gasteiger partial charge is 0.481 e. The van der Waals surface area contributed by atoms with Crippen molar-refractivity contribution >= 4 is 18.0 Å². The van der Waals surface area contributed by atoms with E-state index in [4.69, 9.17) is 5.11 Å². The highest BCUT2D eigenvalue weighted by Gasteiger charge is 2.37. The van der Waals surface area contributed by atoms with Crippen LogP contribution in [0.2, 0.25) is 0 Å². The predicted octanol–water partition coefficient (Wildman–Crippen LogP) is 1.15. The summed E-state index contributed by atoms with van der Waals surface area (Å²) < 4.78 is 1.68. The van der Waals surface area contributed by atoms with Gasteiger partial charge in [0.25, 0.3) is 0 Å². The number of aliphatic carboxylic acids is 1. The number of rotatable bonds is 3. The van der Waals surface area contributed by atoms with Crippen LogP contribution in [0.15, 0.2) is 18.3 Å². The molecule has 6 nitrogen and oxygen atoms in total. The lowest BCUT2D eigenvalue weighted by atomic mass is 9.80. The van der Waals surface area contributed by atoms with E-state index < -0.39 is 11.4 Å². The van der Waals surface area contributed by atoms with Gasteiger partial charge in [-0.05, 0) is 31.9 Å². The van der Waals surface area contributed by atoms with Crippen LogP contribution in [-0.4, -0.2) is 44.8 Å². The second-order valence-electron chi connectivity index (χ2n) is 5.40. The average molecular weight is 277 g/mol. The van der Waals surface area contributed by atoms with E-state index in [-0.39, 0.29) is 5.91 Å². The molecule has 1 aromatic rings. The van der Waals surface area contributed by atoms with E-state index in [0.717, 1.165) is 5.69 Å². The molecule has 1 N–H and O–H groups in total. The van der Waals surface area contributed by atoms with Gasteiger partial charge in [0.1, 0.15) is 0 Å². The first kappa shape index (κ1) is 14.3. The first-order chi connectivity index (χ1) is 9.42. The molecule has 1 saturated heterocycles. The van der Waals surface area contributed by atoms with Gasteiger partial charge in [-0.25, -0.2) is 0 Å². The number of hydrogen-bond donors (Lipinski definition) is 1. The highest BCUT2D eigenvalue weighted by Crippen LogP contribution is 2.31. The zero-order valence-electron chi connectivity index (χ0n) is 11.7. The van der Waals surface area contributed by atoms with Crippen LogP contribution in [0.3, 0.4) is 0 Å². The number of carboxylic acids is 1. The third-order valence-electron chi connectivity index (χ3n) is 3.95. The Hall–Kier alpha value is -2.11. The predicted molar refractivity (Wildman–Crippen MR) is 73.8 cm³/mol. The molecule has 0 radical (unpaired) electrons. The smallest absolute Gasteiger partial charge is 0.309 e. The van der Waals surface area contributed by atoms with Gasteiger partial charge in [-0.1, -0.05) is 0 Å². The van der Waals surface area contributed by atoms with Crippen LogP contribution in [-0.2, 0) is 16.6 Å². The minimum absolute atomic E-state index is 0.0846. The fraction of sp³-hybridized carbons (Fsp3) is 0.500. The van der Waals surface area contributed by atoms with E-state index in [9.17, 15) is 9.59 Å². The number of aromatic nitrogens is 2. The number of carbonyl (C=O) groups is 2. The molecule has 20 heavy (non-hydrogen) atoms. The molecule has 2 rings (SSSR count). The van der Waals surface area contributed by atoms with Gasteiger partial charge in [0, 0.05) is 32.4 Å². The maximum absolute atomic E-state index is 12.0. The van der Waals surface area contributed by atoms with Gasteiger partial charge >= 0.3 is 5.97 Å². The standard InChI is InChI=1S/C14H19N3O3/c1-14(13(19)20)6-9-17(10-7-14)12(18)4-3-11-5-8-15-16(11)2/h3-5,8H,6-7,9-10H2,1-2H3,(H,19,20). The van der Waals surface area contributed by atoms with Crippen molar-refractivity contribution in [2.24, 2.45) is 12.5 Å². The van der Waals surface area contributed by atoms with Crippen molar-refractivity contribution in [3.8, 4) is 0 Å². The number of piperidine rings is 1. The number of amides is 1. The second-order valence-corrected chi connectivity index (χ2v) is 5.40. The number of carboxylic acid groups (broad SMARTS) is 1. The van der Waals surface area contributed by atoms with Gasteiger partial charge in [-0.3, -0.25) is 14.3 Å². The van der Waals surface area contributed by atoms with Crippen LogP contribution in [0, 0.1) is 5.41 Å². The molecule has 1 aromatic heterocycles. The second kappa shape index (κ2) is 5.48. The Bertz CT molecular complexity index is 540. The minimum Gasteiger partial charge on any atom is -0.481 e. The number of hydrogen-bond acceptors (Lipinski definition) is 3. The maximum atomic E-state index is 12.0. The monoisotopic (exact) mass is 277 g/mol. The van der Waals surface area contributed by atoms with Crippen molar-refractivity contribution < 1.29 is 14.7 Å². The van der Waals surface area contributed by atoms with Gasteiger partial charge in [0.2, 0.25) is 5.91 Å². The molecule has 0 spiro atoms. The Balaban J connectivity index is 1.94. The summed E-state index contributed by atoms with van der Waals surface area (Å²) >= 11 is 0. The Labute approximate surface area is 117 Å². The van der Waals surface area contributed by atoms with Crippen molar-refractivity contribution in [3.05, 3.63) is 24.0 Å². The Morgan fingerprint density at radius 3 is 2.55 bits per heavy atom. The summed E-state index contributed by atoms with van der Waals surface area (Å²) in [5.41, 5.74) is 0.147. The van der Waals surface area contributed by atoms with E-state index in [1.165, 1.54) is 6.08 Å². The quantitative estimate of drug-likeness (QED) is 0.841. The molecule has 0 atom stereocenters. The van der Waals surface area contributed by atoms with Gasteiger partial charge in [-0.2, -0.15) is 5.10 Å². The van der Waals surface area contributed by atoms with E-state index in [1.54, 1.807) is 28.8 Å². The van der Waals surface area contributed by atoms with Crippen LogP contribution in [0.25, 0.3) is 6.08 Å². The zero-order valence-corrected chi connectivity index (χ0v) is 11.7. The highest BCUT2D eigenvalue weighted by atomic mass is 16.4. The SMILES string of the molecule is Cn1nccc1C=CC(=O)N1CCC(C)(C(=O)O)CC1. The molecule has 2 heterocycles. The van der Waals surface area contributed by atoms with Crippen molar-refractivity contribution in [1.29, 1.82) is 0 Å². The summed E-state index contributed by atoms with van der Waals surface area (Å²) in [5, 5.41) is 13.2. The summed E-state index contributed by atoms with van der Waals surface area (Å²) in [6.07, 6.45) is 5.89. The molecule has 108 valence electrons. The molecule has 0 unspecified atom stereocenters. The Morgan fingerprint density at radius 1 is 1.40 bits per heavy atom. The van der Waals surface area contributed by atoms with E-state index in [1.807, 2.05) is 13.1 Å². The van der Waals surface area contributed by atoms with Crippen LogP contribution >= 0.6 is 0 Å². The maximum Gasteiger partial charge on any atom is 0.309 e.